The van der Waals surface area contributed by atoms with Crippen molar-refractivity contribution in [1.29, 1.82) is 0 Å². The molecular formula is C20H20ClNO6S2. The average molecular weight is 470 g/mol. The van der Waals surface area contributed by atoms with Gasteiger partial charge in [-0.05, 0) is 37.6 Å². The smallest absolute Gasteiger partial charge is 0.186 e. The monoisotopic (exact) mass is 469 g/mol. The van der Waals surface area contributed by atoms with Gasteiger partial charge in [0.2, 0.25) is 0 Å². The van der Waals surface area contributed by atoms with E-state index < -0.39 is 46.1 Å². The number of Topliss-reactive ketones (excluding diaryl/α,β-unsaturated/α-hetero) is 1. The van der Waals surface area contributed by atoms with Gasteiger partial charge in [0, 0.05) is 0 Å². The molecule has 0 bridgehead atoms. The molecule has 4 atom stereocenters. The van der Waals surface area contributed by atoms with Crippen LogP contribution in [0.3, 0.4) is 0 Å². The quantitative estimate of drug-likeness (QED) is 0.411. The van der Waals surface area contributed by atoms with Crippen LogP contribution in [0.15, 0.2) is 76.3 Å². The van der Waals surface area contributed by atoms with Crippen LogP contribution < -0.4 is 0 Å². The standard InChI is InChI=1S/C20H20ClNO6S2/c1-13-12-17(29(25,26)14-8-4-3-5-9-14)19(20(2,21)18(13)23)30(27,28)16-11-7-6-10-15(16)22-24/h3-12,16-17,19,24H,1-2H3. The van der Waals surface area contributed by atoms with Gasteiger partial charge >= 0.3 is 0 Å². The van der Waals surface area contributed by atoms with Crippen LogP contribution in [0.2, 0.25) is 0 Å². The van der Waals surface area contributed by atoms with E-state index in [-0.39, 0.29) is 16.2 Å². The van der Waals surface area contributed by atoms with Crippen molar-refractivity contribution in [2.24, 2.45) is 5.16 Å². The molecule has 30 heavy (non-hydrogen) atoms. The molecule has 0 heterocycles. The van der Waals surface area contributed by atoms with E-state index in [0.29, 0.717) is 0 Å². The Morgan fingerprint density at radius 1 is 1.10 bits per heavy atom. The second-order valence-corrected chi connectivity index (χ2v) is 12.4. The molecule has 0 amide bonds. The topological polar surface area (TPSA) is 118 Å². The Balaban J connectivity index is 2.26. The number of allylic oxidation sites excluding steroid dienone is 4. The van der Waals surface area contributed by atoms with Crippen molar-refractivity contribution < 1.29 is 26.8 Å². The first-order valence-corrected chi connectivity index (χ1v) is 12.5. The molecule has 1 N–H and O–H groups in total. The van der Waals surface area contributed by atoms with Crippen molar-refractivity contribution in [3.8, 4) is 0 Å². The van der Waals surface area contributed by atoms with Crippen LogP contribution in [0.4, 0.5) is 0 Å². The van der Waals surface area contributed by atoms with Crippen LogP contribution in [0, 0.1) is 0 Å². The number of oxime groups is 1. The van der Waals surface area contributed by atoms with Crippen LogP contribution >= 0.6 is 11.6 Å². The highest BCUT2D eigenvalue weighted by Crippen LogP contribution is 2.41. The van der Waals surface area contributed by atoms with Crippen molar-refractivity contribution in [3.05, 3.63) is 66.3 Å². The van der Waals surface area contributed by atoms with Crippen molar-refractivity contribution in [2.75, 3.05) is 0 Å². The third-order valence-corrected chi connectivity index (χ3v) is 10.6. The minimum Gasteiger partial charge on any atom is -0.411 e. The summed E-state index contributed by atoms with van der Waals surface area (Å²) in [6.07, 6.45) is 6.62. The summed E-state index contributed by atoms with van der Waals surface area (Å²) in [5.74, 6) is -0.671. The Labute approximate surface area is 180 Å². The zero-order valence-corrected chi connectivity index (χ0v) is 18.5. The van der Waals surface area contributed by atoms with Gasteiger partial charge in [-0.1, -0.05) is 47.7 Å². The zero-order chi connectivity index (χ0) is 22.3. The Bertz CT molecular complexity index is 1190. The Morgan fingerprint density at radius 2 is 1.73 bits per heavy atom. The fourth-order valence-corrected chi connectivity index (χ4v) is 9.52. The number of sulfone groups is 2. The number of carbonyl (C=O) groups is 1. The van der Waals surface area contributed by atoms with Crippen molar-refractivity contribution in [2.45, 2.75) is 39.4 Å². The minimum atomic E-state index is -4.46. The molecule has 0 aliphatic heterocycles. The van der Waals surface area contributed by atoms with Gasteiger partial charge in [-0.3, -0.25) is 4.79 Å². The first-order valence-electron chi connectivity index (χ1n) is 8.96. The molecule has 0 aromatic heterocycles. The van der Waals surface area contributed by atoms with Gasteiger partial charge in [-0.2, -0.15) is 0 Å². The summed E-state index contributed by atoms with van der Waals surface area (Å²) in [5.41, 5.74) is -0.127. The lowest BCUT2D eigenvalue weighted by atomic mass is 9.88. The normalized spacial score (nSPS) is 31.0. The highest BCUT2D eigenvalue weighted by atomic mass is 35.5. The summed E-state index contributed by atoms with van der Waals surface area (Å²) in [6, 6.07) is 7.38. The number of hydrogen-bond acceptors (Lipinski definition) is 7. The minimum absolute atomic E-state index is 0.0681. The average Bonchev–Trinajstić information content (AvgIpc) is 2.71. The van der Waals surface area contributed by atoms with Crippen LogP contribution in [0.5, 0.6) is 0 Å². The number of alkyl halides is 1. The maximum absolute atomic E-state index is 13.7. The van der Waals surface area contributed by atoms with Gasteiger partial charge in [-0.15, -0.1) is 11.6 Å². The lowest BCUT2D eigenvalue weighted by molar-refractivity contribution is -0.118. The lowest BCUT2D eigenvalue weighted by Crippen LogP contribution is -2.60. The summed E-state index contributed by atoms with van der Waals surface area (Å²) in [7, 11) is -8.68. The van der Waals surface area contributed by atoms with E-state index in [9.17, 15) is 26.8 Å². The molecule has 0 fully saturated rings. The molecule has 0 radical (unpaired) electrons. The largest absolute Gasteiger partial charge is 0.411 e. The number of benzene rings is 1. The molecule has 2 aliphatic carbocycles. The van der Waals surface area contributed by atoms with E-state index in [2.05, 4.69) is 5.16 Å². The number of nitrogens with zero attached hydrogens (tertiary/aromatic N) is 1. The molecule has 4 unspecified atom stereocenters. The van der Waals surface area contributed by atoms with Crippen molar-refractivity contribution in [1.82, 2.24) is 0 Å². The van der Waals surface area contributed by atoms with Crippen LogP contribution in [0.25, 0.3) is 0 Å². The predicted molar refractivity (Wildman–Crippen MR) is 114 cm³/mol. The number of halogens is 1. The Morgan fingerprint density at radius 3 is 2.33 bits per heavy atom. The van der Waals surface area contributed by atoms with Gasteiger partial charge in [0.05, 0.1) is 4.90 Å². The van der Waals surface area contributed by atoms with Gasteiger partial charge in [0.25, 0.3) is 0 Å². The SMILES string of the molecule is CC1=CC(S(=O)(=O)c2ccccc2)C(S(=O)(=O)C2C=CC=CC2=NO)C(C)(Cl)C1=O. The highest BCUT2D eigenvalue weighted by molar-refractivity contribution is 7.97. The second-order valence-electron chi connectivity index (χ2n) is 7.28. The van der Waals surface area contributed by atoms with E-state index in [0.717, 1.165) is 6.08 Å². The van der Waals surface area contributed by atoms with Gasteiger partial charge in [0.1, 0.15) is 26.3 Å². The van der Waals surface area contributed by atoms with E-state index >= 15 is 0 Å². The molecule has 2 aliphatic rings. The van der Waals surface area contributed by atoms with Crippen LogP contribution in [-0.4, -0.2) is 54.2 Å². The molecule has 10 heteroatoms. The molecule has 1 aromatic rings. The van der Waals surface area contributed by atoms with E-state index in [1.807, 2.05) is 0 Å². The van der Waals surface area contributed by atoms with E-state index in [1.165, 1.54) is 62.4 Å². The number of carbonyl (C=O) groups excluding carboxylic acids is 1. The molecule has 3 rings (SSSR count). The van der Waals surface area contributed by atoms with E-state index in [1.54, 1.807) is 6.07 Å². The summed E-state index contributed by atoms with van der Waals surface area (Å²) in [4.78, 5) is 10.6. The highest BCUT2D eigenvalue weighted by Gasteiger charge is 2.59. The fourth-order valence-electron chi connectivity index (χ4n) is 3.79. The number of rotatable bonds is 4. The number of hydrogen-bond donors (Lipinski definition) is 1. The molecule has 0 saturated carbocycles. The maximum Gasteiger partial charge on any atom is 0.186 e. The fraction of sp³-hybridized carbons (Fsp3) is 0.300. The molecule has 1 aromatic carbocycles. The molecule has 7 nitrogen and oxygen atoms in total. The third-order valence-electron chi connectivity index (χ3n) is 5.26. The summed E-state index contributed by atoms with van der Waals surface area (Å²) < 4.78 is 54.2. The van der Waals surface area contributed by atoms with Gasteiger partial charge < -0.3 is 5.21 Å². The lowest BCUT2D eigenvalue weighted by Gasteiger charge is -2.39. The van der Waals surface area contributed by atoms with Gasteiger partial charge in [-0.25, -0.2) is 16.8 Å². The van der Waals surface area contributed by atoms with Crippen molar-refractivity contribution >= 4 is 42.8 Å². The molecular weight excluding hydrogens is 450 g/mol. The Kier molecular flexibility index (Phi) is 5.83. The molecule has 160 valence electrons. The van der Waals surface area contributed by atoms with Crippen molar-refractivity contribution in [3.63, 3.8) is 0 Å². The maximum atomic E-state index is 13.7. The van der Waals surface area contributed by atoms with Crippen LogP contribution in [-0.2, 0) is 24.5 Å². The summed E-state index contributed by atoms with van der Waals surface area (Å²) in [5, 5.41) is 7.41. The first-order chi connectivity index (χ1) is 14.0. The molecule has 0 spiro atoms. The zero-order valence-electron chi connectivity index (χ0n) is 16.1. The van der Waals surface area contributed by atoms with E-state index in [4.69, 9.17) is 11.6 Å². The number of ketones is 1. The third kappa shape index (κ3) is 3.55. The van der Waals surface area contributed by atoms with Crippen LogP contribution in [0.1, 0.15) is 13.8 Å². The summed E-state index contributed by atoms with van der Waals surface area (Å²) in [6.45, 7) is 2.62. The van der Waals surface area contributed by atoms with Gasteiger partial charge in [0.15, 0.2) is 25.5 Å². The summed E-state index contributed by atoms with van der Waals surface area (Å²) >= 11 is 6.49. The Hall–Kier alpha value is -2.23. The first kappa shape index (κ1) is 22.5. The predicted octanol–water partition coefficient (Wildman–Crippen LogP) is 2.46. The molecule has 0 saturated heterocycles. The second kappa shape index (κ2) is 7.79.